The molecule has 0 bridgehead atoms. The average Bonchev–Trinajstić information content (AvgIpc) is 2.71. The summed E-state index contributed by atoms with van der Waals surface area (Å²) in [7, 11) is 0. The first-order valence-electron chi connectivity index (χ1n) is 11.5. The third-order valence-corrected chi connectivity index (χ3v) is 4.61. The molecule has 0 rings (SSSR count). The molecular weight excluding hydrogens is 360 g/mol. The predicted molar refractivity (Wildman–Crippen MR) is 112 cm³/mol. The molecule has 0 aromatic heterocycles. The number of hydrogen-bond donors (Lipinski definition) is 2. The highest BCUT2D eigenvalue weighted by Gasteiger charge is 2.10. The van der Waals surface area contributed by atoms with Crippen molar-refractivity contribution < 1.29 is 29.5 Å². The van der Waals surface area contributed by atoms with Crippen molar-refractivity contribution in [2.75, 3.05) is 39.6 Å². The fourth-order valence-electron chi connectivity index (χ4n) is 2.76. The van der Waals surface area contributed by atoms with Crippen molar-refractivity contribution in [3.63, 3.8) is 0 Å². The Kier molecular flexibility index (Phi) is 22.8. The van der Waals surface area contributed by atoms with Gasteiger partial charge in [-0.2, -0.15) is 0 Å². The molecule has 0 amide bonds. The predicted octanol–water partition coefficient (Wildman–Crippen LogP) is 4.41. The van der Waals surface area contributed by atoms with Crippen LogP contribution in [0.3, 0.4) is 0 Å². The van der Waals surface area contributed by atoms with Crippen LogP contribution in [0.25, 0.3) is 0 Å². The maximum atomic E-state index is 9.68. The Balaban J connectivity index is 3.40. The highest BCUT2D eigenvalue weighted by Crippen LogP contribution is 2.10. The van der Waals surface area contributed by atoms with Gasteiger partial charge in [0.05, 0.1) is 13.2 Å². The van der Waals surface area contributed by atoms with Crippen LogP contribution in [0.4, 0.5) is 0 Å². The van der Waals surface area contributed by atoms with E-state index in [-0.39, 0.29) is 26.4 Å². The normalized spacial score (nSPS) is 13.7. The second-order valence-electron chi connectivity index (χ2n) is 7.51. The number of ether oxygens (including phenoxy) is 2. The molecular formula is C22H46O6. The maximum absolute atomic E-state index is 9.68. The molecule has 0 aromatic carbocycles. The van der Waals surface area contributed by atoms with Crippen LogP contribution in [-0.2, 0) is 19.2 Å². The lowest BCUT2D eigenvalue weighted by Crippen LogP contribution is -2.27. The largest absolute Gasteiger partial charge is 0.394 e. The van der Waals surface area contributed by atoms with E-state index in [1.54, 1.807) is 0 Å². The molecule has 0 aliphatic rings. The molecule has 0 fully saturated rings. The maximum Gasteiger partial charge on any atom is 0.111 e. The van der Waals surface area contributed by atoms with E-state index in [1.165, 1.54) is 51.4 Å². The topological polar surface area (TPSA) is 77.4 Å². The molecule has 2 unspecified atom stereocenters. The molecule has 170 valence electrons. The number of rotatable bonds is 23. The van der Waals surface area contributed by atoms with Crippen molar-refractivity contribution in [2.45, 2.75) is 103 Å². The average molecular weight is 407 g/mol. The summed E-state index contributed by atoms with van der Waals surface area (Å²) in [6, 6.07) is 0. The van der Waals surface area contributed by atoms with Crippen LogP contribution < -0.4 is 0 Å². The molecule has 6 nitrogen and oxygen atoms in total. The minimum atomic E-state index is -0.711. The van der Waals surface area contributed by atoms with Gasteiger partial charge in [0.2, 0.25) is 0 Å². The quantitative estimate of drug-likeness (QED) is 0.149. The van der Waals surface area contributed by atoms with E-state index in [0.29, 0.717) is 13.2 Å². The highest BCUT2D eigenvalue weighted by atomic mass is 17.2. The van der Waals surface area contributed by atoms with Crippen molar-refractivity contribution in [1.29, 1.82) is 0 Å². The van der Waals surface area contributed by atoms with E-state index in [4.69, 9.17) is 19.2 Å². The Hall–Kier alpha value is -0.240. The molecule has 28 heavy (non-hydrogen) atoms. The number of unbranched alkanes of at least 4 members (excludes halogenated alkanes) is 10. The Bertz CT molecular complexity index is 290. The molecule has 2 atom stereocenters. The molecule has 0 aliphatic carbocycles. The second kappa shape index (κ2) is 23.0. The molecule has 0 heterocycles. The Morgan fingerprint density at radius 3 is 1.82 bits per heavy atom. The molecule has 6 heteroatoms. The van der Waals surface area contributed by atoms with E-state index in [1.807, 2.05) is 0 Å². The lowest BCUT2D eigenvalue weighted by atomic mass is 10.1. The van der Waals surface area contributed by atoms with E-state index in [9.17, 15) is 10.2 Å². The van der Waals surface area contributed by atoms with Gasteiger partial charge in [-0.1, -0.05) is 78.1 Å². The zero-order valence-corrected chi connectivity index (χ0v) is 18.4. The number of aliphatic hydroxyl groups is 2. The van der Waals surface area contributed by atoms with Gasteiger partial charge in [0.1, 0.15) is 25.4 Å². The third kappa shape index (κ3) is 20.5. The summed E-state index contributed by atoms with van der Waals surface area (Å²) in [6.07, 6.45) is 13.8. The van der Waals surface area contributed by atoms with Gasteiger partial charge in [-0.15, -0.1) is 0 Å². The summed E-state index contributed by atoms with van der Waals surface area (Å²) in [4.78, 5) is 10.0. The van der Waals surface area contributed by atoms with Gasteiger partial charge in [-0.05, 0) is 12.8 Å². The van der Waals surface area contributed by atoms with Crippen molar-refractivity contribution in [1.82, 2.24) is 0 Å². The van der Waals surface area contributed by atoms with Crippen LogP contribution in [0.15, 0.2) is 0 Å². The van der Waals surface area contributed by atoms with E-state index < -0.39 is 12.2 Å². The molecule has 2 N–H and O–H groups in total. The number of hydrogen-bond acceptors (Lipinski definition) is 6. The van der Waals surface area contributed by atoms with Gasteiger partial charge in [-0.25, -0.2) is 9.78 Å². The Labute approximate surface area is 172 Å². The Morgan fingerprint density at radius 2 is 1.21 bits per heavy atom. The lowest BCUT2D eigenvalue weighted by molar-refractivity contribution is -0.319. The van der Waals surface area contributed by atoms with E-state index in [0.717, 1.165) is 25.7 Å². The zero-order valence-electron chi connectivity index (χ0n) is 18.4. The van der Waals surface area contributed by atoms with Crippen LogP contribution in [0.1, 0.15) is 90.9 Å². The first-order chi connectivity index (χ1) is 13.7. The third-order valence-electron chi connectivity index (χ3n) is 4.61. The van der Waals surface area contributed by atoms with Gasteiger partial charge in [0.15, 0.2) is 0 Å². The monoisotopic (exact) mass is 406 g/mol. The molecule has 0 spiro atoms. The fraction of sp³-hybridized carbons (Fsp3) is 1.00. The smallest absolute Gasteiger partial charge is 0.111 e. The van der Waals surface area contributed by atoms with Crippen LogP contribution in [0, 0.1) is 0 Å². The minimum absolute atomic E-state index is 0.0444. The van der Waals surface area contributed by atoms with Gasteiger partial charge in [0, 0.05) is 13.2 Å². The molecule has 0 saturated heterocycles. The first kappa shape index (κ1) is 27.8. The summed E-state index contributed by atoms with van der Waals surface area (Å²) in [6.45, 7) is 5.94. The first-order valence-corrected chi connectivity index (χ1v) is 11.5. The minimum Gasteiger partial charge on any atom is -0.394 e. The van der Waals surface area contributed by atoms with Gasteiger partial charge in [-0.3, -0.25) is 0 Å². The highest BCUT2D eigenvalue weighted by molar-refractivity contribution is 4.54. The van der Waals surface area contributed by atoms with Crippen molar-refractivity contribution in [3.8, 4) is 0 Å². The van der Waals surface area contributed by atoms with Crippen LogP contribution in [0.5, 0.6) is 0 Å². The number of aliphatic hydroxyl groups excluding tert-OH is 2. The zero-order chi connectivity index (χ0) is 20.7. The second-order valence-corrected chi connectivity index (χ2v) is 7.51. The molecule has 0 aromatic rings. The van der Waals surface area contributed by atoms with Crippen molar-refractivity contribution in [2.24, 2.45) is 0 Å². The van der Waals surface area contributed by atoms with E-state index >= 15 is 0 Å². The van der Waals surface area contributed by atoms with Crippen LogP contribution >= 0.6 is 0 Å². The fourth-order valence-corrected chi connectivity index (χ4v) is 2.76. The SMILES string of the molecule is CCCCCCCCCCCCOC(CO)COOCC(O)COCCCC. The van der Waals surface area contributed by atoms with Crippen molar-refractivity contribution in [3.05, 3.63) is 0 Å². The van der Waals surface area contributed by atoms with Gasteiger partial charge in [0.25, 0.3) is 0 Å². The summed E-state index contributed by atoms with van der Waals surface area (Å²) in [5, 5.41) is 19.0. The van der Waals surface area contributed by atoms with Crippen LogP contribution in [-0.4, -0.2) is 62.1 Å². The standard InChI is InChI=1S/C22H46O6/c1-3-5-7-8-9-10-11-12-13-14-16-26-22(17-23)20-28-27-19-21(24)18-25-15-6-4-2/h21-24H,3-20H2,1-2H3. The van der Waals surface area contributed by atoms with E-state index in [2.05, 4.69) is 13.8 Å². The summed E-state index contributed by atoms with van der Waals surface area (Å²) >= 11 is 0. The lowest BCUT2D eigenvalue weighted by Gasteiger charge is -2.16. The molecule has 0 saturated carbocycles. The summed E-state index contributed by atoms with van der Waals surface area (Å²) in [5.74, 6) is 0. The molecule has 0 radical (unpaired) electrons. The summed E-state index contributed by atoms with van der Waals surface area (Å²) in [5.41, 5.74) is 0. The Morgan fingerprint density at radius 1 is 0.643 bits per heavy atom. The molecule has 0 aliphatic heterocycles. The van der Waals surface area contributed by atoms with Gasteiger partial charge < -0.3 is 19.7 Å². The van der Waals surface area contributed by atoms with Crippen molar-refractivity contribution >= 4 is 0 Å². The summed E-state index contributed by atoms with van der Waals surface area (Å²) < 4.78 is 10.9. The van der Waals surface area contributed by atoms with Gasteiger partial charge >= 0.3 is 0 Å². The van der Waals surface area contributed by atoms with Crippen LogP contribution in [0.2, 0.25) is 0 Å².